The van der Waals surface area contributed by atoms with Crippen molar-refractivity contribution in [3.8, 4) is 0 Å². The van der Waals surface area contributed by atoms with Crippen molar-refractivity contribution in [2.45, 2.75) is 25.8 Å². The molecule has 0 aliphatic heterocycles. The smallest absolute Gasteiger partial charge is 0.341 e. The van der Waals surface area contributed by atoms with Crippen LogP contribution in [0.2, 0.25) is 0 Å². The Hall–Kier alpha value is -3.20. The zero-order chi connectivity index (χ0) is 20.4. The van der Waals surface area contributed by atoms with Gasteiger partial charge in [0.15, 0.2) is 6.61 Å². The zero-order valence-electron chi connectivity index (χ0n) is 15.8. The maximum absolute atomic E-state index is 12.3. The molecule has 0 unspecified atom stereocenters. The van der Waals surface area contributed by atoms with Crippen LogP contribution in [-0.2, 0) is 38.4 Å². The first-order chi connectivity index (χ1) is 14.1. The highest BCUT2D eigenvalue weighted by atomic mass is 32.1. The fraction of sp³-hybridized carbons (Fsp3) is 0.300. The first kappa shape index (κ1) is 19.1. The Kier molecular flexibility index (Phi) is 5.30. The average molecular weight is 413 g/mol. The van der Waals surface area contributed by atoms with Gasteiger partial charge in [0.2, 0.25) is 0 Å². The summed E-state index contributed by atoms with van der Waals surface area (Å²) < 4.78 is 11.6. The summed E-state index contributed by atoms with van der Waals surface area (Å²) in [5, 5.41) is 3.13. The highest BCUT2D eigenvalue weighted by Gasteiger charge is 2.28. The second kappa shape index (κ2) is 8.04. The van der Waals surface area contributed by atoms with E-state index >= 15 is 0 Å². The van der Waals surface area contributed by atoms with E-state index in [0.717, 1.165) is 40.7 Å². The van der Waals surface area contributed by atoms with E-state index in [1.165, 1.54) is 18.4 Å². The Balaban J connectivity index is 1.37. The van der Waals surface area contributed by atoms with E-state index in [2.05, 4.69) is 10.3 Å². The van der Waals surface area contributed by atoms with Gasteiger partial charge in [-0.3, -0.25) is 9.59 Å². The van der Waals surface area contributed by atoms with Gasteiger partial charge in [0.1, 0.15) is 11.5 Å². The van der Waals surface area contributed by atoms with Gasteiger partial charge in [-0.25, -0.2) is 9.78 Å². The molecule has 0 atom stereocenters. The van der Waals surface area contributed by atoms with Gasteiger partial charge in [0.25, 0.3) is 5.91 Å². The normalized spacial score (nSPS) is 12.6. The number of ether oxygens (including phenoxy) is 2. The molecule has 29 heavy (non-hydrogen) atoms. The Morgan fingerprint density at radius 3 is 2.90 bits per heavy atom. The number of imidazole rings is 1. The second-order valence-corrected chi connectivity index (χ2v) is 7.73. The van der Waals surface area contributed by atoms with Crippen LogP contribution in [0.15, 0.2) is 30.6 Å². The van der Waals surface area contributed by atoms with Crippen LogP contribution < -0.4 is 5.32 Å². The summed E-state index contributed by atoms with van der Waals surface area (Å²) in [6.45, 7) is -0.483. The number of hydrogen-bond acceptors (Lipinski definition) is 7. The third-order valence-corrected chi connectivity index (χ3v) is 5.96. The number of esters is 2. The van der Waals surface area contributed by atoms with Crippen molar-refractivity contribution in [3.63, 3.8) is 0 Å². The number of fused-ring (bicyclic) bond motifs is 2. The van der Waals surface area contributed by atoms with Crippen molar-refractivity contribution < 1.29 is 23.9 Å². The van der Waals surface area contributed by atoms with Crippen LogP contribution in [0.5, 0.6) is 0 Å². The van der Waals surface area contributed by atoms with Gasteiger partial charge in [0.05, 0.1) is 30.0 Å². The van der Waals surface area contributed by atoms with Crippen LogP contribution in [0, 0.1) is 0 Å². The minimum absolute atomic E-state index is 0.0471. The molecule has 150 valence electrons. The van der Waals surface area contributed by atoms with E-state index in [4.69, 9.17) is 9.47 Å². The number of rotatable bonds is 6. The molecule has 1 aliphatic rings. The molecule has 0 fully saturated rings. The Labute approximate surface area is 170 Å². The molecule has 0 spiro atoms. The molecular weight excluding hydrogens is 394 g/mol. The summed E-state index contributed by atoms with van der Waals surface area (Å²) in [7, 11) is 1.31. The van der Waals surface area contributed by atoms with Gasteiger partial charge in [-0.05, 0) is 37.0 Å². The summed E-state index contributed by atoms with van der Waals surface area (Å²) >= 11 is 1.37. The van der Waals surface area contributed by atoms with E-state index < -0.39 is 24.5 Å². The van der Waals surface area contributed by atoms with Gasteiger partial charge in [0, 0.05) is 4.88 Å². The topological polar surface area (TPSA) is 99.5 Å². The molecule has 1 aliphatic carbocycles. The molecule has 1 N–H and O–H groups in total. The lowest BCUT2D eigenvalue weighted by molar-refractivity contribution is -0.147. The van der Waals surface area contributed by atoms with Gasteiger partial charge in [-0.2, -0.15) is 0 Å². The van der Waals surface area contributed by atoms with Crippen molar-refractivity contribution in [1.82, 2.24) is 9.55 Å². The van der Waals surface area contributed by atoms with Crippen molar-refractivity contribution >= 4 is 45.2 Å². The molecule has 2 aromatic heterocycles. The Morgan fingerprint density at radius 1 is 1.24 bits per heavy atom. The molecule has 0 radical (unpaired) electrons. The molecule has 0 saturated carbocycles. The third kappa shape index (κ3) is 3.86. The second-order valence-electron chi connectivity index (χ2n) is 6.62. The predicted octanol–water partition coefficient (Wildman–Crippen LogP) is 2.55. The fourth-order valence-electron chi connectivity index (χ4n) is 3.44. The molecule has 0 saturated heterocycles. The zero-order valence-corrected chi connectivity index (χ0v) is 16.6. The van der Waals surface area contributed by atoms with Crippen LogP contribution in [-0.4, -0.2) is 41.1 Å². The number of thiophene rings is 1. The van der Waals surface area contributed by atoms with E-state index in [1.807, 2.05) is 24.3 Å². The summed E-state index contributed by atoms with van der Waals surface area (Å²) in [5.41, 5.74) is 2.94. The number of benzene rings is 1. The monoisotopic (exact) mass is 413 g/mol. The first-order valence-corrected chi connectivity index (χ1v) is 9.96. The summed E-state index contributed by atoms with van der Waals surface area (Å²) in [5.74, 6) is -1.52. The Morgan fingerprint density at radius 2 is 2.07 bits per heavy atom. The molecule has 2 heterocycles. The van der Waals surface area contributed by atoms with Crippen LogP contribution in [0.3, 0.4) is 0 Å². The quantitative estimate of drug-likeness (QED) is 0.624. The van der Waals surface area contributed by atoms with Crippen LogP contribution >= 0.6 is 11.3 Å². The van der Waals surface area contributed by atoms with Crippen LogP contribution in [0.4, 0.5) is 5.00 Å². The third-order valence-electron chi connectivity index (χ3n) is 4.75. The van der Waals surface area contributed by atoms with Crippen molar-refractivity contribution in [1.29, 1.82) is 0 Å². The van der Waals surface area contributed by atoms with Crippen molar-refractivity contribution in [2.24, 2.45) is 0 Å². The standard InChI is InChI=1S/C20H19N3O5S/c1-27-20(26)18-12-5-4-8-15(12)29-19(18)22-16(24)10-28-17(25)9-23-11-21-13-6-2-3-7-14(13)23/h2-3,6-7,11H,4-5,8-10H2,1H3,(H,22,24). The molecular formula is C20H19N3O5S. The lowest BCUT2D eigenvalue weighted by Crippen LogP contribution is -2.23. The summed E-state index contributed by atoms with van der Waals surface area (Å²) in [6.07, 6.45) is 4.22. The maximum Gasteiger partial charge on any atom is 0.341 e. The number of nitrogens with zero attached hydrogens (tertiary/aromatic N) is 2. The minimum atomic E-state index is -0.551. The summed E-state index contributed by atoms with van der Waals surface area (Å²) in [6, 6.07) is 7.43. The molecule has 8 nitrogen and oxygen atoms in total. The SMILES string of the molecule is COC(=O)c1c(NC(=O)COC(=O)Cn2cnc3ccccc32)sc2c1CCC2. The number of methoxy groups -OCH3 is 1. The van der Waals surface area contributed by atoms with E-state index in [-0.39, 0.29) is 6.54 Å². The van der Waals surface area contributed by atoms with Crippen molar-refractivity contribution in [3.05, 3.63) is 46.6 Å². The van der Waals surface area contributed by atoms with E-state index in [0.29, 0.717) is 10.6 Å². The van der Waals surface area contributed by atoms with Gasteiger partial charge in [-0.1, -0.05) is 12.1 Å². The number of aryl methyl sites for hydroxylation is 1. The first-order valence-electron chi connectivity index (χ1n) is 9.15. The van der Waals surface area contributed by atoms with E-state index in [1.54, 1.807) is 10.9 Å². The van der Waals surface area contributed by atoms with Crippen LogP contribution in [0.1, 0.15) is 27.2 Å². The van der Waals surface area contributed by atoms with Crippen LogP contribution in [0.25, 0.3) is 11.0 Å². The number of para-hydroxylation sites is 2. The molecule has 1 aromatic carbocycles. The largest absolute Gasteiger partial charge is 0.465 e. The number of aromatic nitrogens is 2. The molecule has 0 bridgehead atoms. The lowest BCUT2D eigenvalue weighted by atomic mass is 10.1. The number of carbonyl (C=O) groups is 3. The highest BCUT2D eigenvalue weighted by Crippen LogP contribution is 2.39. The number of anilines is 1. The summed E-state index contributed by atoms with van der Waals surface area (Å²) in [4.78, 5) is 41.8. The maximum atomic E-state index is 12.3. The Bertz CT molecular complexity index is 1100. The predicted molar refractivity (Wildman–Crippen MR) is 107 cm³/mol. The fourth-order valence-corrected chi connectivity index (χ4v) is 4.73. The number of carbonyl (C=O) groups excluding carboxylic acids is 3. The molecule has 3 aromatic rings. The molecule has 1 amide bonds. The number of nitrogens with one attached hydrogen (secondary N) is 1. The van der Waals surface area contributed by atoms with Gasteiger partial charge < -0.3 is 19.4 Å². The van der Waals surface area contributed by atoms with Crippen molar-refractivity contribution in [2.75, 3.05) is 19.0 Å². The number of hydrogen-bond donors (Lipinski definition) is 1. The van der Waals surface area contributed by atoms with Gasteiger partial charge >= 0.3 is 11.9 Å². The minimum Gasteiger partial charge on any atom is -0.465 e. The average Bonchev–Trinajstić information content (AvgIpc) is 3.41. The van der Waals surface area contributed by atoms with Gasteiger partial charge in [-0.15, -0.1) is 11.3 Å². The van der Waals surface area contributed by atoms with E-state index in [9.17, 15) is 14.4 Å². The lowest BCUT2D eigenvalue weighted by Gasteiger charge is -2.08. The molecule has 9 heteroatoms. The number of amides is 1. The highest BCUT2D eigenvalue weighted by molar-refractivity contribution is 7.17. The molecule has 4 rings (SSSR count).